The van der Waals surface area contributed by atoms with Gasteiger partial charge in [-0.25, -0.2) is 0 Å². The van der Waals surface area contributed by atoms with Gasteiger partial charge in [-0.2, -0.15) is 0 Å². The number of hydrogen-bond donors (Lipinski definition) is 1. The Morgan fingerprint density at radius 2 is 1.95 bits per heavy atom. The second-order valence-electron chi connectivity index (χ2n) is 6.21. The molecule has 0 bridgehead atoms. The van der Waals surface area contributed by atoms with Gasteiger partial charge in [0.1, 0.15) is 0 Å². The first kappa shape index (κ1) is 14.1. The van der Waals surface area contributed by atoms with Gasteiger partial charge in [0.05, 0.1) is 6.61 Å². The van der Waals surface area contributed by atoms with Gasteiger partial charge in [0.15, 0.2) is 0 Å². The first-order valence-electron chi connectivity index (χ1n) is 7.84. The van der Waals surface area contributed by atoms with E-state index in [2.05, 4.69) is 34.5 Å². The highest BCUT2D eigenvalue weighted by Crippen LogP contribution is 2.49. The first-order chi connectivity index (χ1) is 9.84. The van der Waals surface area contributed by atoms with E-state index in [0.29, 0.717) is 5.41 Å². The van der Waals surface area contributed by atoms with Crippen molar-refractivity contribution in [2.75, 3.05) is 46.4 Å². The Morgan fingerprint density at radius 1 is 1.20 bits per heavy atom. The van der Waals surface area contributed by atoms with E-state index >= 15 is 0 Å². The van der Waals surface area contributed by atoms with E-state index in [9.17, 15) is 0 Å². The van der Waals surface area contributed by atoms with Crippen molar-refractivity contribution in [3.8, 4) is 0 Å². The minimum Gasteiger partial charge on any atom is -0.384 e. The highest BCUT2D eigenvalue weighted by atomic mass is 16.5. The number of ether oxygens (including phenoxy) is 1. The zero-order valence-corrected chi connectivity index (χ0v) is 12.5. The summed E-state index contributed by atoms with van der Waals surface area (Å²) < 4.78 is 5.45. The molecule has 0 amide bonds. The largest absolute Gasteiger partial charge is 0.384 e. The molecule has 2 fully saturated rings. The zero-order chi connectivity index (χ0) is 13.8. The maximum atomic E-state index is 5.45. The second kappa shape index (κ2) is 6.25. The normalized spacial score (nSPS) is 21.9. The van der Waals surface area contributed by atoms with Crippen LogP contribution in [0, 0.1) is 0 Å². The molecule has 1 aromatic rings. The fraction of sp³-hybridized carbons (Fsp3) is 0.647. The fourth-order valence-corrected chi connectivity index (χ4v) is 3.39. The van der Waals surface area contributed by atoms with Gasteiger partial charge >= 0.3 is 0 Å². The standard InChI is InChI=1S/C17H26N2O/c1-20-14-17(7-8-17)16-5-3-2-4-15(16)6-11-19-12-9-18-10-13-19/h2-5,18H,6-14H2,1H3. The van der Waals surface area contributed by atoms with Crippen molar-refractivity contribution in [2.45, 2.75) is 24.7 Å². The molecule has 1 heterocycles. The maximum absolute atomic E-state index is 5.45. The molecule has 3 nitrogen and oxygen atoms in total. The third kappa shape index (κ3) is 3.05. The van der Waals surface area contributed by atoms with Crippen LogP contribution < -0.4 is 5.32 Å². The lowest BCUT2D eigenvalue weighted by Crippen LogP contribution is -2.44. The Morgan fingerprint density at radius 3 is 2.65 bits per heavy atom. The molecule has 3 heteroatoms. The highest BCUT2D eigenvalue weighted by molar-refractivity contribution is 5.39. The molecule has 110 valence electrons. The van der Waals surface area contributed by atoms with Crippen molar-refractivity contribution in [1.29, 1.82) is 0 Å². The summed E-state index contributed by atoms with van der Waals surface area (Å²) in [4.78, 5) is 2.57. The number of nitrogens with one attached hydrogen (secondary N) is 1. The third-order valence-corrected chi connectivity index (χ3v) is 4.77. The zero-order valence-electron chi connectivity index (χ0n) is 12.5. The molecule has 0 aromatic heterocycles. The van der Waals surface area contributed by atoms with Crippen LogP contribution in [0.3, 0.4) is 0 Å². The van der Waals surface area contributed by atoms with Crippen molar-refractivity contribution >= 4 is 0 Å². The van der Waals surface area contributed by atoms with Gasteiger partial charge in [0, 0.05) is 45.2 Å². The van der Waals surface area contributed by atoms with Gasteiger partial charge in [-0.15, -0.1) is 0 Å². The van der Waals surface area contributed by atoms with E-state index < -0.39 is 0 Å². The number of nitrogens with zero attached hydrogens (tertiary/aromatic N) is 1. The first-order valence-corrected chi connectivity index (χ1v) is 7.84. The fourth-order valence-electron chi connectivity index (χ4n) is 3.39. The molecule has 1 aromatic carbocycles. The summed E-state index contributed by atoms with van der Waals surface area (Å²) in [5.74, 6) is 0. The summed E-state index contributed by atoms with van der Waals surface area (Å²) >= 11 is 0. The Bertz CT molecular complexity index is 436. The van der Waals surface area contributed by atoms with Crippen LogP contribution in [0.15, 0.2) is 24.3 Å². The van der Waals surface area contributed by atoms with Crippen molar-refractivity contribution in [1.82, 2.24) is 10.2 Å². The summed E-state index contributed by atoms with van der Waals surface area (Å²) in [6.45, 7) is 6.70. The summed E-state index contributed by atoms with van der Waals surface area (Å²) in [7, 11) is 1.82. The Kier molecular flexibility index (Phi) is 4.39. The van der Waals surface area contributed by atoms with Gasteiger partial charge in [-0.1, -0.05) is 24.3 Å². The predicted molar refractivity (Wildman–Crippen MR) is 82.2 cm³/mol. The lowest BCUT2D eigenvalue weighted by atomic mass is 9.90. The topological polar surface area (TPSA) is 24.5 Å². The van der Waals surface area contributed by atoms with Crippen LogP contribution in [0.2, 0.25) is 0 Å². The highest BCUT2D eigenvalue weighted by Gasteiger charge is 2.45. The molecule has 1 N–H and O–H groups in total. The van der Waals surface area contributed by atoms with Crippen LogP contribution in [0.1, 0.15) is 24.0 Å². The van der Waals surface area contributed by atoms with Crippen LogP contribution >= 0.6 is 0 Å². The van der Waals surface area contributed by atoms with E-state index in [4.69, 9.17) is 4.74 Å². The van der Waals surface area contributed by atoms with Crippen molar-refractivity contribution in [3.63, 3.8) is 0 Å². The van der Waals surface area contributed by atoms with Gasteiger partial charge in [-0.05, 0) is 30.4 Å². The van der Waals surface area contributed by atoms with E-state index in [-0.39, 0.29) is 0 Å². The molecule has 0 unspecified atom stereocenters. The number of rotatable bonds is 6. The number of hydrogen-bond acceptors (Lipinski definition) is 3. The van der Waals surface area contributed by atoms with Gasteiger partial charge in [0.25, 0.3) is 0 Å². The van der Waals surface area contributed by atoms with Gasteiger partial charge in [0.2, 0.25) is 0 Å². The summed E-state index contributed by atoms with van der Waals surface area (Å²) in [5, 5.41) is 3.42. The van der Waals surface area contributed by atoms with Crippen LogP contribution in [0.25, 0.3) is 0 Å². The molecule has 0 spiro atoms. The summed E-state index contributed by atoms with van der Waals surface area (Å²) in [5.41, 5.74) is 3.40. The van der Waals surface area contributed by atoms with Crippen LogP contribution in [-0.4, -0.2) is 51.3 Å². The number of piperazine rings is 1. The van der Waals surface area contributed by atoms with E-state index in [1.165, 1.54) is 50.0 Å². The molecule has 20 heavy (non-hydrogen) atoms. The van der Waals surface area contributed by atoms with Crippen molar-refractivity contribution in [3.05, 3.63) is 35.4 Å². The Labute approximate surface area is 122 Å². The third-order valence-electron chi connectivity index (χ3n) is 4.77. The minimum absolute atomic E-state index is 0.328. The number of methoxy groups -OCH3 is 1. The molecule has 1 aliphatic heterocycles. The molecule has 0 atom stereocenters. The van der Waals surface area contributed by atoms with Crippen molar-refractivity contribution < 1.29 is 4.74 Å². The summed E-state index contributed by atoms with van der Waals surface area (Å²) in [6.07, 6.45) is 3.73. The SMILES string of the molecule is COCC1(c2ccccc2CCN2CCNCC2)CC1. The van der Waals surface area contributed by atoms with E-state index in [0.717, 1.165) is 19.7 Å². The molecule has 3 rings (SSSR count). The summed E-state index contributed by atoms with van der Waals surface area (Å²) in [6, 6.07) is 8.99. The van der Waals surface area contributed by atoms with E-state index in [1.807, 2.05) is 7.11 Å². The lowest BCUT2D eigenvalue weighted by molar-refractivity contribution is 0.171. The lowest BCUT2D eigenvalue weighted by Gasteiger charge is -2.28. The van der Waals surface area contributed by atoms with Crippen LogP contribution in [0.4, 0.5) is 0 Å². The van der Waals surface area contributed by atoms with Crippen molar-refractivity contribution in [2.24, 2.45) is 0 Å². The average Bonchev–Trinajstić information content (AvgIpc) is 3.28. The average molecular weight is 274 g/mol. The van der Waals surface area contributed by atoms with E-state index in [1.54, 1.807) is 0 Å². The Balaban J connectivity index is 1.67. The van der Waals surface area contributed by atoms with Gasteiger partial charge in [-0.3, -0.25) is 0 Å². The quantitative estimate of drug-likeness (QED) is 0.856. The molecule has 2 aliphatic rings. The van der Waals surface area contributed by atoms with Crippen LogP contribution in [0.5, 0.6) is 0 Å². The second-order valence-corrected chi connectivity index (χ2v) is 6.21. The molecule has 1 saturated heterocycles. The minimum atomic E-state index is 0.328. The smallest absolute Gasteiger partial charge is 0.0559 e. The molecule has 1 saturated carbocycles. The molecular formula is C17H26N2O. The number of benzene rings is 1. The maximum Gasteiger partial charge on any atom is 0.0559 e. The monoisotopic (exact) mass is 274 g/mol. The molecule has 1 aliphatic carbocycles. The van der Waals surface area contributed by atoms with Gasteiger partial charge < -0.3 is 15.0 Å². The molecule has 0 radical (unpaired) electrons. The Hall–Kier alpha value is -0.900. The predicted octanol–water partition coefficient (Wildman–Crippen LogP) is 1.81. The van der Waals surface area contributed by atoms with Crippen LogP contribution in [-0.2, 0) is 16.6 Å². The molecular weight excluding hydrogens is 248 g/mol.